The number of benzene rings is 1. The molecule has 0 radical (unpaired) electrons. The van der Waals surface area contributed by atoms with Gasteiger partial charge in [-0.2, -0.15) is 0 Å². The Morgan fingerprint density at radius 1 is 1.23 bits per heavy atom. The van der Waals surface area contributed by atoms with Gasteiger partial charge in [0.05, 0.1) is 5.75 Å². The van der Waals surface area contributed by atoms with Crippen molar-refractivity contribution < 1.29 is 8.42 Å². The molecule has 0 unspecified atom stereocenters. The van der Waals surface area contributed by atoms with Gasteiger partial charge in [0.1, 0.15) is 0 Å². The first-order valence-corrected chi connectivity index (χ1v) is 11.7. The summed E-state index contributed by atoms with van der Waals surface area (Å²) >= 11 is 5.98. The zero-order valence-corrected chi connectivity index (χ0v) is 16.6. The van der Waals surface area contributed by atoms with Crippen LogP contribution in [0.2, 0.25) is 5.02 Å². The second kappa shape index (κ2) is 7.76. The summed E-state index contributed by atoms with van der Waals surface area (Å²) in [7, 11) is -3.37. The highest BCUT2D eigenvalue weighted by Gasteiger charge is 2.45. The smallest absolute Gasteiger partial charge is 0.215 e. The van der Waals surface area contributed by atoms with Crippen LogP contribution in [0.25, 0.3) is 0 Å². The molecule has 4 rings (SSSR count). The van der Waals surface area contributed by atoms with E-state index in [0.29, 0.717) is 29.6 Å². The molecule has 26 heavy (non-hydrogen) atoms. The van der Waals surface area contributed by atoms with Gasteiger partial charge in [0.25, 0.3) is 0 Å². The average molecular weight is 398 g/mol. The maximum Gasteiger partial charge on any atom is 0.215 e. The summed E-state index contributed by atoms with van der Waals surface area (Å²) in [5, 5.41) is 4.14. The van der Waals surface area contributed by atoms with Gasteiger partial charge in [-0.3, -0.25) is 4.90 Å². The molecular weight excluding hydrogens is 370 g/mol. The van der Waals surface area contributed by atoms with Crippen LogP contribution in [0.1, 0.15) is 31.2 Å². The van der Waals surface area contributed by atoms with Crippen molar-refractivity contribution in [3.8, 4) is 0 Å². The molecule has 1 aromatic carbocycles. The largest absolute Gasteiger partial charge is 0.316 e. The lowest BCUT2D eigenvalue weighted by Crippen LogP contribution is -2.65. The maximum absolute atomic E-state index is 12.6. The van der Waals surface area contributed by atoms with E-state index in [-0.39, 0.29) is 5.75 Å². The van der Waals surface area contributed by atoms with E-state index in [1.165, 1.54) is 25.7 Å². The molecule has 0 amide bonds. The van der Waals surface area contributed by atoms with Crippen molar-refractivity contribution in [2.24, 2.45) is 11.8 Å². The van der Waals surface area contributed by atoms with E-state index in [1.807, 2.05) is 6.07 Å². The van der Waals surface area contributed by atoms with Gasteiger partial charge in [0.15, 0.2) is 0 Å². The van der Waals surface area contributed by atoms with Crippen molar-refractivity contribution in [1.82, 2.24) is 14.9 Å². The van der Waals surface area contributed by atoms with Crippen LogP contribution in [0.15, 0.2) is 24.3 Å². The Morgan fingerprint density at radius 3 is 2.92 bits per heavy atom. The summed E-state index contributed by atoms with van der Waals surface area (Å²) in [5.74, 6) is 1.25. The van der Waals surface area contributed by atoms with E-state index in [0.717, 1.165) is 31.1 Å². The van der Waals surface area contributed by atoms with E-state index in [1.54, 1.807) is 18.2 Å². The van der Waals surface area contributed by atoms with Gasteiger partial charge in [0, 0.05) is 23.7 Å². The molecule has 0 aliphatic carbocycles. The topological polar surface area (TPSA) is 61.4 Å². The zero-order valence-electron chi connectivity index (χ0n) is 15.0. The Bertz CT molecular complexity index is 742. The highest BCUT2D eigenvalue weighted by atomic mass is 35.5. The van der Waals surface area contributed by atoms with Crippen molar-refractivity contribution in [3.05, 3.63) is 34.9 Å². The number of piperidine rings is 3. The van der Waals surface area contributed by atoms with Crippen LogP contribution in [0, 0.1) is 11.8 Å². The van der Waals surface area contributed by atoms with Gasteiger partial charge in [-0.15, -0.1) is 0 Å². The molecule has 7 heteroatoms. The average Bonchev–Trinajstić information content (AvgIpc) is 2.61. The molecule has 0 saturated carbocycles. The number of rotatable bonds is 5. The predicted molar refractivity (Wildman–Crippen MR) is 105 cm³/mol. The quantitative estimate of drug-likeness (QED) is 0.799. The number of fused-ring (bicyclic) bond motifs is 4. The number of nitrogens with zero attached hydrogens (tertiary/aromatic N) is 1. The van der Waals surface area contributed by atoms with Gasteiger partial charge in [0.2, 0.25) is 10.0 Å². The highest BCUT2D eigenvalue weighted by Crippen LogP contribution is 2.38. The molecule has 3 fully saturated rings. The van der Waals surface area contributed by atoms with Crippen LogP contribution in [0.5, 0.6) is 0 Å². The van der Waals surface area contributed by atoms with Crippen LogP contribution in [0.4, 0.5) is 0 Å². The molecule has 2 bridgehead atoms. The Labute approximate surface area is 161 Å². The van der Waals surface area contributed by atoms with Gasteiger partial charge < -0.3 is 5.32 Å². The number of hydrogen-bond acceptors (Lipinski definition) is 4. The number of nitrogens with one attached hydrogen (secondary N) is 2. The van der Waals surface area contributed by atoms with Crippen molar-refractivity contribution in [2.45, 2.75) is 43.5 Å². The summed E-state index contributed by atoms with van der Waals surface area (Å²) in [6.07, 6.45) is 5.02. The minimum atomic E-state index is -3.37. The van der Waals surface area contributed by atoms with Crippen molar-refractivity contribution in [2.75, 3.05) is 26.2 Å². The third kappa shape index (κ3) is 4.09. The fraction of sp³-hybridized carbons (Fsp3) is 0.684. The third-order valence-corrected chi connectivity index (χ3v) is 7.84. The van der Waals surface area contributed by atoms with Crippen LogP contribution in [-0.2, 0) is 15.8 Å². The number of halogens is 1. The van der Waals surface area contributed by atoms with E-state index < -0.39 is 10.0 Å². The van der Waals surface area contributed by atoms with Crippen LogP contribution in [0.3, 0.4) is 0 Å². The second-order valence-electron chi connectivity index (χ2n) is 8.02. The van der Waals surface area contributed by atoms with E-state index in [9.17, 15) is 8.42 Å². The molecule has 3 saturated heterocycles. The molecule has 2 N–H and O–H groups in total. The molecule has 3 aliphatic rings. The molecule has 0 aromatic heterocycles. The first-order valence-electron chi connectivity index (χ1n) is 9.70. The lowest BCUT2D eigenvalue weighted by Gasteiger charge is -2.55. The molecule has 3 heterocycles. The second-order valence-corrected chi connectivity index (χ2v) is 10.3. The third-order valence-electron chi connectivity index (χ3n) is 6.28. The molecule has 0 spiro atoms. The van der Waals surface area contributed by atoms with Crippen LogP contribution < -0.4 is 10.0 Å². The monoisotopic (exact) mass is 397 g/mol. The van der Waals surface area contributed by atoms with E-state index >= 15 is 0 Å². The lowest BCUT2D eigenvalue weighted by molar-refractivity contribution is -0.0360. The van der Waals surface area contributed by atoms with Crippen LogP contribution in [-0.4, -0.2) is 51.6 Å². The van der Waals surface area contributed by atoms with Gasteiger partial charge in [-0.05, 0) is 68.4 Å². The molecule has 5 nitrogen and oxygen atoms in total. The zero-order chi connectivity index (χ0) is 18.1. The lowest BCUT2D eigenvalue weighted by atomic mass is 9.73. The maximum atomic E-state index is 12.6. The predicted octanol–water partition coefficient (Wildman–Crippen LogP) is 2.22. The first kappa shape index (κ1) is 18.7. The first-order chi connectivity index (χ1) is 12.5. The standard InChI is InChI=1S/C19H28ClN3O2S/c20-17-5-3-4-14(8-17)13-26(24,25)22-12-19-16-9-15(10-21-11-16)18-6-1-2-7-23(18)19/h3-5,8,15-16,18-19,21-22H,1-2,6-7,9-13H2/t15-,16+,18+,19+/m1/s1. The Balaban J connectivity index is 1.43. The Kier molecular flexibility index (Phi) is 5.58. The van der Waals surface area contributed by atoms with Gasteiger partial charge in [-0.1, -0.05) is 30.2 Å². The SMILES string of the molecule is O=S(=O)(Cc1cccc(Cl)c1)NC[C@H]1[C@@H]2CNC[C@@H](C2)[C@@H]2CCCCN21. The van der Waals surface area contributed by atoms with Crippen molar-refractivity contribution in [3.63, 3.8) is 0 Å². The summed E-state index contributed by atoms with van der Waals surface area (Å²) in [6, 6.07) is 8.00. The normalized spacial score (nSPS) is 32.2. The molecular formula is C19H28ClN3O2S. The molecule has 4 atom stereocenters. The Hall–Kier alpha value is -0.660. The van der Waals surface area contributed by atoms with E-state index in [4.69, 9.17) is 11.6 Å². The fourth-order valence-electron chi connectivity index (χ4n) is 5.16. The van der Waals surface area contributed by atoms with Gasteiger partial charge >= 0.3 is 0 Å². The summed E-state index contributed by atoms with van der Waals surface area (Å²) in [5.41, 5.74) is 0.726. The number of hydrogen-bond donors (Lipinski definition) is 2. The summed E-state index contributed by atoms with van der Waals surface area (Å²) in [6.45, 7) is 3.74. The van der Waals surface area contributed by atoms with Crippen molar-refractivity contribution >= 4 is 21.6 Å². The van der Waals surface area contributed by atoms with E-state index in [2.05, 4.69) is 14.9 Å². The fourth-order valence-corrected chi connectivity index (χ4v) is 6.52. The molecule has 1 aromatic rings. The van der Waals surface area contributed by atoms with Gasteiger partial charge in [-0.25, -0.2) is 13.1 Å². The minimum absolute atomic E-state index is 0.0186. The number of sulfonamides is 1. The van der Waals surface area contributed by atoms with Crippen molar-refractivity contribution in [1.29, 1.82) is 0 Å². The highest BCUT2D eigenvalue weighted by molar-refractivity contribution is 7.88. The summed E-state index contributed by atoms with van der Waals surface area (Å²) in [4.78, 5) is 2.62. The van der Waals surface area contributed by atoms with Crippen LogP contribution >= 0.6 is 11.6 Å². The molecule has 144 valence electrons. The summed E-state index contributed by atoms with van der Waals surface area (Å²) < 4.78 is 28.1. The molecule has 3 aliphatic heterocycles. The minimum Gasteiger partial charge on any atom is -0.316 e. The Morgan fingerprint density at radius 2 is 2.08 bits per heavy atom.